The molecule has 72 valence electrons. The maximum absolute atomic E-state index is 5.34. The predicted molar refractivity (Wildman–Crippen MR) is 60.1 cm³/mol. The lowest BCUT2D eigenvalue weighted by molar-refractivity contribution is 1.06. The average molecular weight is 194 g/mol. The number of hydrogen-bond acceptors (Lipinski definition) is 2. The Labute approximate surface area is 89.0 Å². The van der Waals surface area contributed by atoms with E-state index < -0.39 is 0 Å². The van der Waals surface area contributed by atoms with Crippen molar-refractivity contribution in [3.05, 3.63) is 48.0 Å². The van der Waals surface area contributed by atoms with Crippen molar-refractivity contribution in [2.75, 3.05) is 0 Å². The predicted octanol–water partition coefficient (Wildman–Crippen LogP) is 2.43. The second kappa shape index (κ2) is 3.93. The molecule has 0 amide bonds. The largest absolute Gasteiger partial charge is 0.241 e. The third-order valence-electron chi connectivity index (χ3n) is 2.14. The van der Waals surface area contributed by atoms with E-state index in [1.807, 2.05) is 31.2 Å². The number of benzene rings is 1. The van der Waals surface area contributed by atoms with Gasteiger partial charge in [-0.2, -0.15) is 0 Å². The van der Waals surface area contributed by atoms with Gasteiger partial charge >= 0.3 is 0 Å². The van der Waals surface area contributed by atoms with Crippen LogP contribution < -0.4 is 0 Å². The Balaban J connectivity index is 2.46. The summed E-state index contributed by atoms with van der Waals surface area (Å²) in [5, 5.41) is 0. The van der Waals surface area contributed by atoms with Gasteiger partial charge in [0.05, 0.1) is 0 Å². The van der Waals surface area contributed by atoms with Crippen LogP contribution in [-0.2, 0) is 0 Å². The second-order valence-corrected chi connectivity index (χ2v) is 3.24. The molecule has 0 bridgehead atoms. The highest BCUT2D eigenvalue weighted by atomic mass is 14.8. The SMILES string of the molecule is C#Cc1cccc(-c2cnc(C)nc2)c1. The van der Waals surface area contributed by atoms with Gasteiger partial charge in [-0.15, -0.1) is 6.42 Å². The highest BCUT2D eigenvalue weighted by Gasteiger charge is 1.98. The fourth-order valence-corrected chi connectivity index (χ4v) is 1.33. The molecule has 0 N–H and O–H groups in total. The average Bonchev–Trinajstić information content (AvgIpc) is 2.30. The topological polar surface area (TPSA) is 25.8 Å². The molecule has 0 spiro atoms. The third-order valence-corrected chi connectivity index (χ3v) is 2.14. The molecule has 0 radical (unpaired) electrons. The van der Waals surface area contributed by atoms with E-state index in [9.17, 15) is 0 Å². The first-order valence-corrected chi connectivity index (χ1v) is 4.65. The number of rotatable bonds is 1. The van der Waals surface area contributed by atoms with Crippen molar-refractivity contribution in [3.8, 4) is 23.5 Å². The van der Waals surface area contributed by atoms with Gasteiger partial charge in [0.1, 0.15) is 5.82 Å². The van der Waals surface area contributed by atoms with E-state index in [2.05, 4.69) is 15.9 Å². The quantitative estimate of drug-likeness (QED) is 0.651. The molecule has 1 aromatic heterocycles. The lowest BCUT2D eigenvalue weighted by Crippen LogP contribution is -1.87. The highest BCUT2D eigenvalue weighted by Crippen LogP contribution is 2.18. The van der Waals surface area contributed by atoms with E-state index in [1.54, 1.807) is 12.4 Å². The summed E-state index contributed by atoms with van der Waals surface area (Å²) in [5.74, 6) is 3.38. The summed E-state index contributed by atoms with van der Waals surface area (Å²) in [6.07, 6.45) is 8.95. The van der Waals surface area contributed by atoms with E-state index in [0.717, 1.165) is 22.5 Å². The minimum absolute atomic E-state index is 0.770. The van der Waals surface area contributed by atoms with Crippen molar-refractivity contribution in [3.63, 3.8) is 0 Å². The Hall–Kier alpha value is -2.14. The van der Waals surface area contributed by atoms with Crippen molar-refractivity contribution in [1.82, 2.24) is 9.97 Å². The van der Waals surface area contributed by atoms with Gasteiger partial charge in [0.15, 0.2) is 0 Å². The molecule has 2 heteroatoms. The molecule has 0 fully saturated rings. The zero-order valence-electron chi connectivity index (χ0n) is 8.44. The first-order valence-electron chi connectivity index (χ1n) is 4.65. The molecular weight excluding hydrogens is 184 g/mol. The molecule has 15 heavy (non-hydrogen) atoms. The number of terminal acetylenes is 1. The van der Waals surface area contributed by atoms with Gasteiger partial charge in [-0.1, -0.05) is 18.1 Å². The lowest BCUT2D eigenvalue weighted by atomic mass is 10.1. The fourth-order valence-electron chi connectivity index (χ4n) is 1.33. The first kappa shape index (κ1) is 9.42. The van der Waals surface area contributed by atoms with Gasteiger partial charge in [-0.25, -0.2) is 9.97 Å². The molecule has 0 saturated heterocycles. The van der Waals surface area contributed by atoms with Crippen LogP contribution in [0.2, 0.25) is 0 Å². The third kappa shape index (κ3) is 2.03. The van der Waals surface area contributed by atoms with Crippen molar-refractivity contribution in [2.24, 2.45) is 0 Å². The van der Waals surface area contributed by atoms with Gasteiger partial charge < -0.3 is 0 Å². The molecule has 1 heterocycles. The number of hydrogen-bond donors (Lipinski definition) is 0. The van der Waals surface area contributed by atoms with Gasteiger partial charge in [-0.05, 0) is 24.6 Å². The summed E-state index contributed by atoms with van der Waals surface area (Å²) in [5.41, 5.74) is 2.90. The molecule has 0 unspecified atom stereocenters. The molecule has 0 aliphatic rings. The van der Waals surface area contributed by atoms with E-state index in [1.165, 1.54) is 0 Å². The molecule has 0 aliphatic heterocycles. The van der Waals surface area contributed by atoms with Crippen LogP contribution in [0, 0.1) is 19.3 Å². The van der Waals surface area contributed by atoms with Crippen molar-refractivity contribution in [1.29, 1.82) is 0 Å². The van der Waals surface area contributed by atoms with Crippen LogP contribution >= 0.6 is 0 Å². The molecular formula is C13H10N2. The molecule has 0 atom stereocenters. The molecule has 2 nitrogen and oxygen atoms in total. The standard InChI is InChI=1S/C13H10N2/c1-3-11-5-4-6-12(7-11)13-8-14-10(2)15-9-13/h1,4-9H,2H3. The summed E-state index contributed by atoms with van der Waals surface area (Å²) in [6, 6.07) is 7.78. The minimum atomic E-state index is 0.770. The Kier molecular flexibility index (Phi) is 2.47. The Morgan fingerprint density at radius 3 is 2.53 bits per heavy atom. The maximum atomic E-state index is 5.34. The molecule has 2 rings (SSSR count). The summed E-state index contributed by atoms with van der Waals surface area (Å²) in [4.78, 5) is 8.30. The zero-order chi connectivity index (χ0) is 10.7. The van der Waals surface area contributed by atoms with Crippen LogP contribution in [0.5, 0.6) is 0 Å². The van der Waals surface area contributed by atoms with E-state index in [-0.39, 0.29) is 0 Å². The van der Waals surface area contributed by atoms with Gasteiger partial charge in [0, 0.05) is 23.5 Å². The van der Waals surface area contributed by atoms with Crippen molar-refractivity contribution >= 4 is 0 Å². The number of aromatic nitrogens is 2. The number of aryl methyl sites for hydroxylation is 1. The zero-order valence-corrected chi connectivity index (χ0v) is 8.44. The lowest BCUT2D eigenvalue weighted by Gasteiger charge is -2.01. The first-order chi connectivity index (χ1) is 7.29. The van der Waals surface area contributed by atoms with Crippen molar-refractivity contribution in [2.45, 2.75) is 6.92 Å². The summed E-state index contributed by atoms with van der Waals surface area (Å²) < 4.78 is 0. The Morgan fingerprint density at radius 2 is 1.87 bits per heavy atom. The van der Waals surface area contributed by atoms with Crippen LogP contribution in [-0.4, -0.2) is 9.97 Å². The Morgan fingerprint density at radius 1 is 1.13 bits per heavy atom. The Bertz CT molecular complexity index is 507. The molecule has 2 aromatic rings. The van der Waals surface area contributed by atoms with Gasteiger partial charge in [0.25, 0.3) is 0 Å². The van der Waals surface area contributed by atoms with Crippen LogP contribution in [0.15, 0.2) is 36.7 Å². The monoisotopic (exact) mass is 194 g/mol. The smallest absolute Gasteiger partial charge is 0.125 e. The fraction of sp³-hybridized carbons (Fsp3) is 0.0769. The van der Waals surface area contributed by atoms with Crippen LogP contribution in [0.4, 0.5) is 0 Å². The van der Waals surface area contributed by atoms with E-state index in [4.69, 9.17) is 6.42 Å². The number of nitrogens with zero attached hydrogens (tertiary/aromatic N) is 2. The van der Waals surface area contributed by atoms with E-state index in [0.29, 0.717) is 0 Å². The van der Waals surface area contributed by atoms with Crippen molar-refractivity contribution < 1.29 is 0 Å². The minimum Gasteiger partial charge on any atom is -0.241 e. The normalized spacial score (nSPS) is 9.60. The summed E-state index contributed by atoms with van der Waals surface area (Å²) in [7, 11) is 0. The van der Waals surface area contributed by atoms with E-state index >= 15 is 0 Å². The van der Waals surface area contributed by atoms with Gasteiger partial charge in [0.2, 0.25) is 0 Å². The highest BCUT2D eigenvalue weighted by molar-refractivity contribution is 5.63. The summed E-state index contributed by atoms with van der Waals surface area (Å²) >= 11 is 0. The molecule has 0 saturated carbocycles. The van der Waals surface area contributed by atoms with Crippen LogP contribution in [0.3, 0.4) is 0 Å². The van der Waals surface area contributed by atoms with Crippen LogP contribution in [0.1, 0.15) is 11.4 Å². The molecule has 0 aliphatic carbocycles. The van der Waals surface area contributed by atoms with Gasteiger partial charge in [-0.3, -0.25) is 0 Å². The van der Waals surface area contributed by atoms with Crippen LogP contribution in [0.25, 0.3) is 11.1 Å². The summed E-state index contributed by atoms with van der Waals surface area (Å²) in [6.45, 7) is 1.86. The second-order valence-electron chi connectivity index (χ2n) is 3.24. The molecule has 1 aromatic carbocycles. The maximum Gasteiger partial charge on any atom is 0.125 e.